The number of hydrogen-bond donors (Lipinski definition) is 8. The number of aliphatic carboxylic acids is 2. The van der Waals surface area contributed by atoms with E-state index < -0.39 is 84.9 Å². The molecule has 38 heavy (non-hydrogen) atoms. The van der Waals surface area contributed by atoms with Crippen LogP contribution in [0.25, 0.3) is 0 Å². The van der Waals surface area contributed by atoms with Crippen molar-refractivity contribution in [3.63, 3.8) is 0 Å². The zero-order chi connectivity index (χ0) is 28.8. The van der Waals surface area contributed by atoms with E-state index in [0.717, 1.165) is 5.56 Å². The Hall–Kier alpha value is -4.53. The largest absolute Gasteiger partial charge is 0.481 e. The monoisotopic (exact) mass is 536 g/mol. The number of primary amides is 2. The molecule has 1 aromatic carbocycles. The minimum Gasteiger partial charge on any atom is -0.481 e. The van der Waals surface area contributed by atoms with Gasteiger partial charge in [0, 0.05) is 12.8 Å². The number of amides is 5. The van der Waals surface area contributed by atoms with E-state index >= 15 is 0 Å². The van der Waals surface area contributed by atoms with Crippen molar-refractivity contribution in [1.82, 2.24) is 16.0 Å². The first-order chi connectivity index (χ1) is 17.8. The Kier molecular flexibility index (Phi) is 12.9. The summed E-state index contributed by atoms with van der Waals surface area (Å²) in [7, 11) is 0. The van der Waals surface area contributed by atoms with Crippen molar-refractivity contribution in [2.45, 2.75) is 62.7 Å². The Labute approximate surface area is 217 Å². The molecule has 1 aromatic rings. The molecule has 0 saturated heterocycles. The van der Waals surface area contributed by atoms with Crippen LogP contribution < -0.4 is 33.2 Å². The van der Waals surface area contributed by atoms with Gasteiger partial charge in [-0.15, -0.1) is 0 Å². The van der Waals surface area contributed by atoms with Crippen molar-refractivity contribution in [3.05, 3.63) is 35.9 Å². The van der Waals surface area contributed by atoms with Crippen molar-refractivity contribution in [2.24, 2.45) is 17.2 Å². The Morgan fingerprint density at radius 2 is 1.24 bits per heavy atom. The van der Waals surface area contributed by atoms with Crippen LogP contribution >= 0.6 is 0 Å². The Morgan fingerprint density at radius 3 is 1.76 bits per heavy atom. The van der Waals surface area contributed by atoms with Gasteiger partial charge in [0.1, 0.15) is 18.1 Å². The molecule has 0 fully saturated rings. The van der Waals surface area contributed by atoms with Crippen molar-refractivity contribution in [3.8, 4) is 0 Å². The molecule has 0 aromatic heterocycles. The summed E-state index contributed by atoms with van der Waals surface area (Å²) in [4.78, 5) is 83.3. The van der Waals surface area contributed by atoms with E-state index in [4.69, 9.17) is 22.3 Å². The first-order valence-corrected chi connectivity index (χ1v) is 11.5. The van der Waals surface area contributed by atoms with Gasteiger partial charge < -0.3 is 43.4 Å². The summed E-state index contributed by atoms with van der Waals surface area (Å²) >= 11 is 0. The first kappa shape index (κ1) is 31.5. The van der Waals surface area contributed by atoms with Crippen molar-refractivity contribution >= 4 is 41.5 Å². The zero-order valence-electron chi connectivity index (χ0n) is 20.4. The minimum absolute atomic E-state index is 0.119. The number of carbonyl (C=O) groups is 7. The minimum atomic E-state index is -1.61. The SMILES string of the molecule is NC(=O)CCC(NC(=O)C(CC(N)=O)NC(=O)C(N)Cc1ccccc1)C(=O)NC(CCC(=O)O)C(=O)O. The highest BCUT2D eigenvalue weighted by Gasteiger charge is 2.31. The van der Waals surface area contributed by atoms with E-state index in [2.05, 4.69) is 16.0 Å². The molecule has 15 heteroatoms. The van der Waals surface area contributed by atoms with Gasteiger partial charge in [-0.25, -0.2) is 4.79 Å². The number of hydrogen-bond acceptors (Lipinski definition) is 8. The molecule has 0 heterocycles. The van der Waals surface area contributed by atoms with E-state index in [1.54, 1.807) is 30.3 Å². The number of carboxylic acid groups (broad SMARTS) is 2. The van der Waals surface area contributed by atoms with Gasteiger partial charge in [-0.1, -0.05) is 30.3 Å². The molecule has 5 amide bonds. The lowest BCUT2D eigenvalue weighted by molar-refractivity contribution is -0.143. The molecule has 0 spiro atoms. The van der Waals surface area contributed by atoms with E-state index in [-0.39, 0.29) is 19.3 Å². The Balaban J connectivity index is 3.00. The lowest BCUT2D eigenvalue weighted by Gasteiger charge is -2.24. The molecule has 11 N–H and O–H groups in total. The van der Waals surface area contributed by atoms with Crippen LogP contribution in [0.1, 0.15) is 37.7 Å². The number of benzene rings is 1. The normalized spacial score (nSPS) is 13.7. The summed E-state index contributed by atoms with van der Waals surface area (Å²) in [5.41, 5.74) is 17.0. The molecule has 15 nitrogen and oxygen atoms in total. The highest BCUT2D eigenvalue weighted by molar-refractivity contribution is 5.96. The summed E-state index contributed by atoms with van der Waals surface area (Å²) in [6.07, 6.45) is -2.30. The van der Waals surface area contributed by atoms with Gasteiger partial charge in [-0.2, -0.15) is 0 Å². The van der Waals surface area contributed by atoms with E-state index in [9.17, 15) is 38.7 Å². The van der Waals surface area contributed by atoms with Crippen LogP contribution in [0.2, 0.25) is 0 Å². The molecule has 1 rings (SSSR count). The van der Waals surface area contributed by atoms with Crippen LogP contribution in [-0.4, -0.2) is 75.9 Å². The van der Waals surface area contributed by atoms with E-state index in [0.29, 0.717) is 0 Å². The fourth-order valence-electron chi connectivity index (χ4n) is 3.28. The van der Waals surface area contributed by atoms with E-state index in [1.165, 1.54) is 0 Å². The van der Waals surface area contributed by atoms with Crippen LogP contribution in [0.4, 0.5) is 0 Å². The van der Waals surface area contributed by atoms with Gasteiger partial charge in [0.15, 0.2) is 0 Å². The molecule has 0 bridgehead atoms. The maximum atomic E-state index is 12.9. The second-order valence-electron chi connectivity index (χ2n) is 8.43. The molecule has 4 atom stereocenters. The number of carbonyl (C=O) groups excluding carboxylic acids is 5. The molecule has 0 aliphatic carbocycles. The third kappa shape index (κ3) is 11.9. The standard InChI is InChI=1S/C23H32N6O9/c24-13(10-12-4-2-1-3-5-12)20(34)29-16(11-18(26)31)22(36)27-14(6-8-17(25)30)21(35)28-15(23(37)38)7-9-19(32)33/h1-5,13-16H,6-11,24H2,(H2,25,30)(H2,26,31)(H,27,36)(H,28,35)(H,29,34)(H,32,33)(H,37,38). The van der Waals surface area contributed by atoms with Crippen molar-refractivity contribution in [1.29, 1.82) is 0 Å². The molecule has 0 aliphatic rings. The second kappa shape index (κ2) is 15.6. The van der Waals surface area contributed by atoms with Crippen LogP contribution in [-0.2, 0) is 40.0 Å². The third-order valence-corrected chi connectivity index (χ3v) is 5.25. The quantitative estimate of drug-likeness (QED) is 0.100. The molecule has 0 aliphatic heterocycles. The summed E-state index contributed by atoms with van der Waals surface area (Å²) < 4.78 is 0. The average molecular weight is 537 g/mol. The average Bonchev–Trinajstić information content (AvgIpc) is 2.83. The second-order valence-corrected chi connectivity index (χ2v) is 8.43. The lowest BCUT2D eigenvalue weighted by Crippen LogP contribution is -2.58. The third-order valence-electron chi connectivity index (χ3n) is 5.25. The molecular formula is C23H32N6O9. The van der Waals surface area contributed by atoms with Crippen LogP contribution in [0, 0.1) is 0 Å². The maximum absolute atomic E-state index is 12.9. The summed E-state index contributed by atoms with van der Waals surface area (Å²) in [6.45, 7) is 0. The van der Waals surface area contributed by atoms with Gasteiger partial charge in [-0.05, 0) is 24.8 Å². The fraction of sp³-hybridized carbons (Fsp3) is 0.435. The van der Waals surface area contributed by atoms with Gasteiger partial charge in [0.2, 0.25) is 29.5 Å². The molecule has 4 unspecified atom stereocenters. The maximum Gasteiger partial charge on any atom is 0.326 e. The van der Waals surface area contributed by atoms with Gasteiger partial charge >= 0.3 is 11.9 Å². The highest BCUT2D eigenvalue weighted by Crippen LogP contribution is 2.06. The highest BCUT2D eigenvalue weighted by atomic mass is 16.4. The molecular weight excluding hydrogens is 504 g/mol. The van der Waals surface area contributed by atoms with Crippen molar-refractivity contribution in [2.75, 3.05) is 0 Å². The number of nitrogens with one attached hydrogen (secondary N) is 3. The number of nitrogens with two attached hydrogens (primary N) is 3. The fourth-order valence-corrected chi connectivity index (χ4v) is 3.28. The number of rotatable bonds is 17. The predicted molar refractivity (Wildman–Crippen MR) is 131 cm³/mol. The topological polar surface area (TPSA) is 274 Å². The molecule has 208 valence electrons. The summed E-state index contributed by atoms with van der Waals surface area (Å²) in [6, 6.07) is 2.97. The number of carboxylic acids is 2. The lowest BCUT2D eigenvalue weighted by atomic mass is 10.0. The van der Waals surface area contributed by atoms with E-state index in [1.807, 2.05) is 0 Å². The predicted octanol–water partition coefficient (Wildman–Crippen LogP) is -2.90. The summed E-state index contributed by atoms with van der Waals surface area (Å²) in [5.74, 6) is -7.47. The van der Waals surface area contributed by atoms with Gasteiger partial charge in [0.05, 0.1) is 12.5 Å². The Bertz CT molecular complexity index is 1030. The summed E-state index contributed by atoms with van der Waals surface area (Å²) in [5, 5.41) is 24.7. The van der Waals surface area contributed by atoms with Crippen molar-refractivity contribution < 1.29 is 43.8 Å². The van der Waals surface area contributed by atoms with Gasteiger partial charge in [-0.3, -0.25) is 28.8 Å². The van der Waals surface area contributed by atoms with Crippen LogP contribution in [0.3, 0.4) is 0 Å². The molecule has 0 saturated carbocycles. The Morgan fingerprint density at radius 1 is 0.711 bits per heavy atom. The van der Waals surface area contributed by atoms with Gasteiger partial charge in [0.25, 0.3) is 0 Å². The smallest absolute Gasteiger partial charge is 0.326 e. The molecule has 0 radical (unpaired) electrons. The van der Waals surface area contributed by atoms with Crippen LogP contribution in [0.15, 0.2) is 30.3 Å². The first-order valence-electron chi connectivity index (χ1n) is 11.5. The van der Waals surface area contributed by atoms with Crippen LogP contribution in [0.5, 0.6) is 0 Å². The zero-order valence-corrected chi connectivity index (χ0v) is 20.4.